The van der Waals surface area contributed by atoms with Crippen LogP contribution in [-0.2, 0) is 0 Å². The van der Waals surface area contributed by atoms with E-state index < -0.39 is 0 Å². The normalized spacial score (nSPS) is 10.5. The summed E-state index contributed by atoms with van der Waals surface area (Å²) in [7, 11) is 0. The van der Waals surface area contributed by atoms with Gasteiger partial charge < -0.3 is 0 Å². The van der Waals surface area contributed by atoms with Gasteiger partial charge in [0.2, 0.25) is 0 Å². The molecular formula is C11H16N2O. The second-order valence-corrected chi connectivity index (χ2v) is 3.80. The number of hydrogen-bond acceptors (Lipinski definition) is 3. The molecule has 0 atom stereocenters. The van der Waals surface area contributed by atoms with Crippen molar-refractivity contribution in [2.24, 2.45) is 5.92 Å². The Morgan fingerprint density at radius 3 is 2.79 bits per heavy atom. The third-order valence-corrected chi connectivity index (χ3v) is 2.03. The van der Waals surface area contributed by atoms with Crippen LogP contribution in [0.15, 0.2) is 18.6 Å². The number of rotatable bonds is 5. The van der Waals surface area contributed by atoms with Gasteiger partial charge in [-0.15, -0.1) is 0 Å². The average Bonchev–Trinajstić information content (AvgIpc) is 2.18. The second-order valence-electron chi connectivity index (χ2n) is 3.80. The molecule has 0 amide bonds. The van der Waals surface area contributed by atoms with Gasteiger partial charge in [-0.1, -0.05) is 20.3 Å². The van der Waals surface area contributed by atoms with Crippen LogP contribution in [0.25, 0.3) is 0 Å². The molecule has 0 saturated carbocycles. The summed E-state index contributed by atoms with van der Waals surface area (Å²) in [6.07, 6.45) is 7.26. The summed E-state index contributed by atoms with van der Waals surface area (Å²) in [5.74, 6) is 0.753. The highest BCUT2D eigenvalue weighted by atomic mass is 16.1. The Morgan fingerprint density at radius 1 is 1.43 bits per heavy atom. The van der Waals surface area contributed by atoms with Crippen LogP contribution in [0.5, 0.6) is 0 Å². The van der Waals surface area contributed by atoms with E-state index in [1.165, 1.54) is 6.20 Å². The molecule has 3 heteroatoms. The van der Waals surface area contributed by atoms with Gasteiger partial charge in [0.25, 0.3) is 0 Å². The lowest BCUT2D eigenvalue weighted by Gasteiger charge is -2.02. The number of carbonyl (C=O) groups excluding carboxylic acids is 1. The molecule has 0 aliphatic carbocycles. The largest absolute Gasteiger partial charge is 0.292 e. The van der Waals surface area contributed by atoms with Gasteiger partial charge >= 0.3 is 0 Å². The zero-order valence-corrected chi connectivity index (χ0v) is 8.73. The average molecular weight is 192 g/mol. The molecule has 76 valence electrons. The van der Waals surface area contributed by atoms with Crippen molar-refractivity contribution in [1.82, 2.24) is 9.97 Å². The van der Waals surface area contributed by atoms with Gasteiger partial charge in [-0.2, -0.15) is 0 Å². The van der Waals surface area contributed by atoms with E-state index in [4.69, 9.17) is 0 Å². The lowest BCUT2D eigenvalue weighted by Crippen LogP contribution is -2.02. The fourth-order valence-corrected chi connectivity index (χ4v) is 1.24. The minimum atomic E-state index is 0.0961. The number of hydrogen-bond donors (Lipinski definition) is 0. The number of Topliss-reactive ketones (excluding diaryl/α,β-unsaturated/α-hetero) is 1. The van der Waals surface area contributed by atoms with Crippen LogP contribution in [0, 0.1) is 5.92 Å². The molecule has 1 aromatic heterocycles. The van der Waals surface area contributed by atoms with Crippen LogP contribution < -0.4 is 0 Å². The molecule has 0 aliphatic rings. The standard InChI is InChI=1S/C11H16N2O/c1-9(2)4-3-5-11(14)10-8-12-6-7-13-10/h6-9H,3-5H2,1-2H3. The summed E-state index contributed by atoms with van der Waals surface area (Å²) >= 11 is 0. The van der Waals surface area contributed by atoms with Crippen molar-refractivity contribution in [1.29, 1.82) is 0 Å². The quantitative estimate of drug-likeness (QED) is 0.673. The summed E-state index contributed by atoms with van der Waals surface area (Å²) in [6, 6.07) is 0. The van der Waals surface area contributed by atoms with Gasteiger partial charge in [0.1, 0.15) is 5.69 Å². The van der Waals surface area contributed by atoms with E-state index in [1.807, 2.05) is 0 Å². The van der Waals surface area contributed by atoms with Crippen molar-refractivity contribution in [2.45, 2.75) is 33.1 Å². The van der Waals surface area contributed by atoms with Crippen LogP contribution in [0.3, 0.4) is 0 Å². The molecule has 0 saturated heterocycles. The van der Waals surface area contributed by atoms with E-state index in [0.717, 1.165) is 12.8 Å². The zero-order chi connectivity index (χ0) is 10.4. The molecule has 0 fully saturated rings. The Balaban J connectivity index is 2.36. The van der Waals surface area contributed by atoms with E-state index in [0.29, 0.717) is 18.0 Å². The first-order valence-corrected chi connectivity index (χ1v) is 4.99. The SMILES string of the molecule is CC(C)CCCC(=O)c1cnccn1. The van der Waals surface area contributed by atoms with Crippen LogP contribution in [0.1, 0.15) is 43.6 Å². The molecule has 0 unspecified atom stereocenters. The summed E-state index contributed by atoms with van der Waals surface area (Å²) < 4.78 is 0. The van der Waals surface area contributed by atoms with Crippen molar-refractivity contribution in [3.8, 4) is 0 Å². The Bertz CT molecular complexity index is 283. The van der Waals surface area contributed by atoms with Gasteiger partial charge in [0.05, 0.1) is 6.20 Å². The first kappa shape index (κ1) is 10.8. The van der Waals surface area contributed by atoms with Crippen molar-refractivity contribution >= 4 is 5.78 Å². The fraction of sp³-hybridized carbons (Fsp3) is 0.545. The maximum absolute atomic E-state index is 11.5. The molecule has 0 N–H and O–H groups in total. The molecule has 0 aromatic carbocycles. The maximum atomic E-state index is 11.5. The third-order valence-electron chi connectivity index (χ3n) is 2.03. The summed E-state index contributed by atoms with van der Waals surface area (Å²) in [5.41, 5.74) is 0.483. The molecule has 1 rings (SSSR count). The molecule has 0 radical (unpaired) electrons. The number of ketones is 1. The van der Waals surface area contributed by atoms with Crippen molar-refractivity contribution in [2.75, 3.05) is 0 Å². The minimum Gasteiger partial charge on any atom is -0.292 e. The summed E-state index contributed by atoms with van der Waals surface area (Å²) in [6.45, 7) is 4.32. The van der Waals surface area contributed by atoms with Gasteiger partial charge in [0.15, 0.2) is 5.78 Å². The Kier molecular flexibility index (Phi) is 4.23. The molecule has 0 spiro atoms. The molecular weight excluding hydrogens is 176 g/mol. The zero-order valence-electron chi connectivity index (χ0n) is 8.73. The lowest BCUT2D eigenvalue weighted by molar-refractivity contribution is 0.0973. The molecule has 0 bridgehead atoms. The van der Waals surface area contributed by atoms with Gasteiger partial charge in [0, 0.05) is 18.8 Å². The van der Waals surface area contributed by atoms with Crippen LogP contribution in [0.2, 0.25) is 0 Å². The predicted molar refractivity (Wildman–Crippen MR) is 55.1 cm³/mol. The lowest BCUT2D eigenvalue weighted by atomic mass is 10.0. The van der Waals surface area contributed by atoms with Crippen molar-refractivity contribution in [3.63, 3.8) is 0 Å². The highest BCUT2D eigenvalue weighted by Gasteiger charge is 2.06. The van der Waals surface area contributed by atoms with E-state index in [1.54, 1.807) is 12.4 Å². The van der Waals surface area contributed by atoms with Crippen LogP contribution in [0.4, 0.5) is 0 Å². The molecule has 0 aliphatic heterocycles. The Hall–Kier alpha value is -1.25. The fourth-order valence-electron chi connectivity index (χ4n) is 1.24. The highest BCUT2D eigenvalue weighted by Crippen LogP contribution is 2.08. The first-order valence-electron chi connectivity index (χ1n) is 4.99. The molecule has 1 heterocycles. The van der Waals surface area contributed by atoms with Crippen LogP contribution in [-0.4, -0.2) is 15.8 Å². The van der Waals surface area contributed by atoms with Crippen molar-refractivity contribution in [3.05, 3.63) is 24.3 Å². The van der Waals surface area contributed by atoms with Gasteiger partial charge in [-0.05, 0) is 12.3 Å². The molecule has 3 nitrogen and oxygen atoms in total. The van der Waals surface area contributed by atoms with E-state index in [2.05, 4.69) is 23.8 Å². The number of nitrogens with zero attached hydrogens (tertiary/aromatic N) is 2. The Morgan fingerprint density at radius 2 is 2.21 bits per heavy atom. The third kappa shape index (κ3) is 3.64. The monoisotopic (exact) mass is 192 g/mol. The maximum Gasteiger partial charge on any atom is 0.182 e. The topological polar surface area (TPSA) is 42.9 Å². The summed E-state index contributed by atoms with van der Waals surface area (Å²) in [4.78, 5) is 19.4. The second kappa shape index (κ2) is 5.47. The van der Waals surface area contributed by atoms with E-state index >= 15 is 0 Å². The predicted octanol–water partition coefficient (Wildman–Crippen LogP) is 2.49. The van der Waals surface area contributed by atoms with Gasteiger partial charge in [-0.3, -0.25) is 9.78 Å². The van der Waals surface area contributed by atoms with Crippen molar-refractivity contribution < 1.29 is 4.79 Å². The van der Waals surface area contributed by atoms with Gasteiger partial charge in [-0.25, -0.2) is 4.98 Å². The smallest absolute Gasteiger partial charge is 0.182 e. The minimum absolute atomic E-state index is 0.0961. The molecule has 1 aromatic rings. The first-order chi connectivity index (χ1) is 6.70. The molecule has 14 heavy (non-hydrogen) atoms. The highest BCUT2D eigenvalue weighted by molar-refractivity contribution is 5.93. The number of aromatic nitrogens is 2. The number of carbonyl (C=O) groups is 1. The summed E-state index contributed by atoms with van der Waals surface area (Å²) in [5, 5.41) is 0. The van der Waals surface area contributed by atoms with E-state index in [-0.39, 0.29) is 5.78 Å². The van der Waals surface area contributed by atoms with E-state index in [9.17, 15) is 4.79 Å². The Labute approximate surface area is 84.6 Å². The van der Waals surface area contributed by atoms with Crippen LogP contribution >= 0.6 is 0 Å².